The van der Waals surface area contributed by atoms with E-state index in [1.165, 1.54) is 5.56 Å². The Labute approximate surface area is 221 Å². The summed E-state index contributed by atoms with van der Waals surface area (Å²) in [6, 6.07) is 17.1. The van der Waals surface area contributed by atoms with Gasteiger partial charge in [0.1, 0.15) is 11.3 Å². The molecule has 1 saturated heterocycles. The van der Waals surface area contributed by atoms with Crippen LogP contribution in [0.1, 0.15) is 37.5 Å². The van der Waals surface area contributed by atoms with E-state index in [0.29, 0.717) is 17.8 Å². The van der Waals surface area contributed by atoms with Crippen molar-refractivity contribution in [3.05, 3.63) is 88.7 Å². The highest BCUT2D eigenvalue weighted by Crippen LogP contribution is 2.21. The van der Waals surface area contributed by atoms with Crippen molar-refractivity contribution in [1.82, 2.24) is 19.8 Å². The number of aromatic carboxylic acids is 1. The molecule has 0 saturated carbocycles. The number of amides is 1. The van der Waals surface area contributed by atoms with Crippen LogP contribution in [0.15, 0.2) is 60.8 Å². The number of benzene rings is 2. The summed E-state index contributed by atoms with van der Waals surface area (Å²) in [5, 5.41) is 16.2. The lowest BCUT2D eigenvalue weighted by molar-refractivity contribution is 0.0691. The lowest BCUT2D eigenvalue weighted by atomic mass is 10.1. The first kappa shape index (κ1) is 25.4. The van der Waals surface area contributed by atoms with Gasteiger partial charge in [-0.3, -0.25) is 9.69 Å². The first-order chi connectivity index (χ1) is 18.3. The zero-order valence-electron chi connectivity index (χ0n) is 21.6. The number of H-pyrrole nitrogens is 1. The van der Waals surface area contributed by atoms with Crippen LogP contribution in [0.2, 0.25) is 0 Å². The van der Waals surface area contributed by atoms with E-state index in [0.717, 1.165) is 60.6 Å². The lowest BCUT2D eigenvalue weighted by Gasteiger charge is -2.32. The first-order valence-corrected chi connectivity index (χ1v) is 12.7. The van der Waals surface area contributed by atoms with Gasteiger partial charge in [0.05, 0.1) is 11.9 Å². The molecule has 9 heteroatoms. The second-order valence-electron chi connectivity index (χ2n) is 9.88. The molecule has 9 nitrogen and oxygen atoms in total. The molecular formula is C29H32N6O3. The molecule has 3 heterocycles. The summed E-state index contributed by atoms with van der Waals surface area (Å²) in [5.41, 5.74) is 6.09. The third kappa shape index (κ3) is 6.01. The molecule has 1 fully saturated rings. The maximum atomic E-state index is 12.9. The molecule has 2 aromatic carbocycles. The van der Waals surface area contributed by atoms with Crippen molar-refractivity contribution in [2.45, 2.75) is 20.0 Å². The number of hydrogen-bond acceptors (Lipinski definition) is 6. The highest BCUT2D eigenvalue weighted by Gasteiger charge is 2.15. The number of fused-ring (bicyclic) bond motifs is 1. The van der Waals surface area contributed by atoms with E-state index < -0.39 is 5.97 Å². The Morgan fingerprint density at radius 3 is 2.50 bits per heavy atom. The summed E-state index contributed by atoms with van der Waals surface area (Å²) < 4.78 is 0. The molecule has 5 rings (SSSR count). The van der Waals surface area contributed by atoms with E-state index in [1.807, 2.05) is 55.5 Å². The summed E-state index contributed by atoms with van der Waals surface area (Å²) in [4.78, 5) is 36.0. The number of carbonyl (C=O) groups is 2. The van der Waals surface area contributed by atoms with Crippen molar-refractivity contribution in [2.24, 2.45) is 0 Å². The van der Waals surface area contributed by atoms with Gasteiger partial charge in [0, 0.05) is 55.9 Å². The Morgan fingerprint density at radius 1 is 1.00 bits per heavy atom. The van der Waals surface area contributed by atoms with Crippen LogP contribution in [0, 0.1) is 6.92 Å². The fourth-order valence-electron chi connectivity index (χ4n) is 4.59. The van der Waals surface area contributed by atoms with Crippen molar-refractivity contribution in [3.63, 3.8) is 0 Å². The molecule has 38 heavy (non-hydrogen) atoms. The van der Waals surface area contributed by atoms with E-state index in [-0.39, 0.29) is 11.6 Å². The average molecular weight is 513 g/mol. The van der Waals surface area contributed by atoms with Gasteiger partial charge in [0.2, 0.25) is 0 Å². The topological polar surface area (TPSA) is 114 Å². The van der Waals surface area contributed by atoms with Gasteiger partial charge in [-0.05, 0) is 67.1 Å². The molecule has 0 radical (unpaired) electrons. The Kier molecular flexibility index (Phi) is 7.39. The second-order valence-corrected chi connectivity index (χ2v) is 9.88. The minimum atomic E-state index is -1.02. The summed E-state index contributed by atoms with van der Waals surface area (Å²) in [6.07, 6.45) is 1.67. The van der Waals surface area contributed by atoms with Crippen molar-refractivity contribution in [2.75, 3.05) is 43.9 Å². The molecule has 0 atom stereocenters. The predicted octanol–water partition coefficient (Wildman–Crippen LogP) is 4.18. The number of aromatic nitrogens is 2. The van der Waals surface area contributed by atoms with Gasteiger partial charge in [-0.15, -0.1) is 0 Å². The Balaban J connectivity index is 1.20. The number of carboxylic acid groups (broad SMARTS) is 1. The molecule has 1 amide bonds. The molecule has 196 valence electrons. The van der Waals surface area contributed by atoms with Crippen molar-refractivity contribution in [3.8, 4) is 0 Å². The number of carboxylic acids is 1. The van der Waals surface area contributed by atoms with E-state index in [4.69, 9.17) is 0 Å². The zero-order valence-corrected chi connectivity index (χ0v) is 21.6. The number of anilines is 2. The minimum Gasteiger partial charge on any atom is -0.477 e. The van der Waals surface area contributed by atoms with Crippen LogP contribution in [0.25, 0.3) is 11.0 Å². The fourth-order valence-corrected chi connectivity index (χ4v) is 4.59. The molecule has 2 aromatic heterocycles. The number of rotatable bonds is 8. The number of likely N-dealkylation sites (N-methyl/N-ethyl adjacent to an activating group) is 1. The Bertz CT molecular complexity index is 1460. The number of carbonyl (C=O) groups excluding carboxylic acids is 1. The fraction of sp³-hybridized carbons (Fsp3) is 0.276. The summed E-state index contributed by atoms with van der Waals surface area (Å²) in [7, 11) is 2.15. The number of aromatic amines is 1. The third-order valence-electron chi connectivity index (χ3n) is 7.01. The first-order valence-electron chi connectivity index (χ1n) is 12.7. The summed E-state index contributed by atoms with van der Waals surface area (Å²) in [5.74, 6) is -1.16. The zero-order chi connectivity index (χ0) is 26.6. The van der Waals surface area contributed by atoms with E-state index in [2.05, 4.69) is 37.4 Å². The third-order valence-corrected chi connectivity index (χ3v) is 7.01. The van der Waals surface area contributed by atoms with Gasteiger partial charge < -0.3 is 25.6 Å². The number of aryl methyl sites for hydroxylation is 1. The maximum Gasteiger partial charge on any atom is 0.352 e. The lowest BCUT2D eigenvalue weighted by Crippen LogP contribution is -2.43. The molecule has 1 aliphatic rings. The quantitative estimate of drug-likeness (QED) is 0.280. The molecule has 1 aliphatic heterocycles. The summed E-state index contributed by atoms with van der Waals surface area (Å²) in [6.45, 7) is 7.74. The standard InChI is InChI=1S/C29H32N6O3/c1-19-3-8-24(14-23(19)16-30-25-13-22-15-26(29(37)38)33-27(22)31-17-25)32-28(36)21-6-4-20(5-7-21)18-35-11-9-34(2)10-12-35/h3-8,13-15,17,30H,9-12,16,18H2,1-2H3,(H,31,33)(H,32,36)(H,37,38). The molecular weight excluding hydrogens is 480 g/mol. The van der Waals surface area contributed by atoms with Crippen molar-refractivity contribution >= 4 is 34.3 Å². The van der Waals surface area contributed by atoms with E-state index in [9.17, 15) is 14.7 Å². The van der Waals surface area contributed by atoms with E-state index in [1.54, 1.807) is 12.3 Å². The normalized spacial score (nSPS) is 14.5. The molecule has 4 aromatic rings. The van der Waals surface area contributed by atoms with Crippen LogP contribution in [-0.2, 0) is 13.1 Å². The van der Waals surface area contributed by atoms with Crippen LogP contribution in [0.3, 0.4) is 0 Å². The van der Waals surface area contributed by atoms with Crippen molar-refractivity contribution in [1.29, 1.82) is 0 Å². The Morgan fingerprint density at radius 2 is 1.76 bits per heavy atom. The number of pyridine rings is 1. The van der Waals surface area contributed by atoms with Crippen LogP contribution in [-0.4, -0.2) is 70.0 Å². The minimum absolute atomic E-state index is 0.105. The van der Waals surface area contributed by atoms with Crippen LogP contribution in [0.5, 0.6) is 0 Å². The highest BCUT2D eigenvalue weighted by molar-refractivity contribution is 6.04. The Hall–Kier alpha value is -4.21. The van der Waals surface area contributed by atoms with Crippen LogP contribution < -0.4 is 10.6 Å². The number of nitrogens with zero attached hydrogens (tertiary/aromatic N) is 3. The molecule has 0 spiro atoms. The smallest absolute Gasteiger partial charge is 0.352 e. The molecule has 0 unspecified atom stereocenters. The van der Waals surface area contributed by atoms with Crippen LogP contribution >= 0.6 is 0 Å². The van der Waals surface area contributed by atoms with Gasteiger partial charge in [-0.1, -0.05) is 18.2 Å². The van der Waals surface area contributed by atoms with Gasteiger partial charge in [0.15, 0.2) is 0 Å². The molecule has 0 bridgehead atoms. The van der Waals surface area contributed by atoms with Gasteiger partial charge in [0.25, 0.3) is 5.91 Å². The van der Waals surface area contributed by atoms with Gasteiger partial charge in [-0.25, -0.2) is 9.78 Å². The van der Waals surface area contributed by atoms with Crippen LogP contribution in [0.4, 0.5) is 11.4 Å². The second kappa shape index (κ2) is 11.0. The largest absolute Gasteiger partial charge is 0.477 e. The number of nitrogens with one attached hydrogen (secondary N) is 3. The van der Waals surface area contributed by atoms with E-state index >= 15 is 0 Å². The van der Waals surface area contributed by atoms with Gasteiger partial charge in [-0.2, -0.15) is 0 Å². The predicted molar refractivity (Wildman–Crippen MR) is 149 cm³/mol. The van der Waals surface area contributed by atoms with Gasteiger partial charge >= 0.3 is 5.97 Å². The summed E-state index contributed by atoms with van der Waals surface area (Å²) >= 11 is 0. The average Bonchev–Trinajstić information content (AvgIpc) is 3.35. The molecule has 4 N–H and O–H groups in total. The SMILES string of the molecule is Cc1ccc(NC(=O)c2ccc(CN3CCN(C)CC3)cc2)cc1CNc1cnc2[nH]c(C(=O)O)cc2c1. The number of hydrogen-bond donors (Lipinski definition) is 4. The molecule has 0 aliphatic carbocycles. The van der Waals surface area contributed by atoms with Crippen molar-refractivity contribution < 1.29 is 14.7 Å². The maximum absolute atomic E-state index is 12.9. The highest BCUT2D eigenvalue weighted by atomic mass is 16.4. The number of piperazine rings is 1. The monoisotopic (exact) mass is 512 g/mol.